The summed E-state index contributed by atoms with van der Waals surface area (Å²) in [6.07, 6.45) is -5.44. The zero-order valence-corrected chi connectivity index (χ0v) is 26.5. The van der Waals surface area contributed by atoms with Crippen LogP contribution >= 0.6 is 0 Å². The van der Waals surface area contributed by atoms with Gasteiger partial charge in [0.15, 0.2) is 5.78 Å². The van der Waals surface area contributed by atoms with E-state index in [-0.39, 0.29) is 71.7 Å². The lowest BCUT2D eigenvalue weighted by Gasteiger charge is -2.45. The van der Waals surface area contributed by atoms with Crippen molar-refractivity contribution in [2.24, 2.45) is 11.8 Å². The Morgan fingerprint density at radius 2 is 1.36 bits per heavy atom. The molecule has 0 aromatic carbocycles. The van der Waals surface area contributed by atoms with Gasteiger partial charge in [-0.15, -0.1) is 0 Å². The number of rotatable bonds is 24. The summed E-state index contributed by atoms with van der Waals surface area (Å²) in [5, 5.41) is 51.5. The smallest absolute Gasteiger partial charge is 0.164 e. The minimum atomic E-state index is -1.28. The summed E-state index contributed by atoms with van der Waals surface area (Å²) in [5.41, 5.74) is 0. The van der Waals surface area contributed by atoms with Gasteiger partial charge >= 0.3 is 0 Å². The van der Waals surface area contributed by atoms with Gasteiger partial charge in [0.1, 0.15) is 24.4 Å². The monoisotopic (exact) mass is 640 g/mol. The molecule has 0 aromatic rings. The zero-order valence-electron chi connectivity index (χ0n) is 26.5. The summed E-state index contributed by atoms with van der Waals surface area (Å²) in [4.78, 5) is 13.0. The maximum Gasteiger partial charge on any atom is 0.164 e. The minimum absolute atomic E-state index is 0.118. The van der Waals surface area contributed by atoms with Gasteiger partial charge in [-0.1, -0.05) is 20.3 Å². The van der Waals surface area contributed by atoms with Crippen LogP contribution in [0.4, 0.5) is 0 Å². The molecule has 14 nitrogen and oxygen atoms in total. The van der Waals surface area contributed by atoms with E-state index < -0.39 is 60.7 Å². The molecule has 2 aliphatic rings. The van der Waals surface area contributed by atoms with E-state index in [9.17, 15) is 25.2 Å². The number of aliphatic hydroxyl groups is 5. The highest BCUT2D eigenvalue weighted by Crippen LogP contribution is 2.33. The summed E-state index contributed by atoms with van der Waals surface area (Å²) < 4.78 is 45.8. The van der Waals surface area contributed by atoms with Crippen molar-refractivity contribution in [2.75, 3.05) is 86.4 Å². The third-order valence-electron chi connectivity index (χ3n) is 7.83. The zero-order chi connectivity index (χ0) is 32.3. The topological polar surface area (TPSA) is 192 Å². The van der Waals surface area contributed by atoms with E-state index >= 15 is 0 Å². The van der Waals surface area contributed by atoms with Gasteiger partial charge in [-0.2, -0.15) is 0 Å². The van der Waals surface area contributed by atoms with E-state index in [1.165, 1.54) is 7.11 Å². The maximum atomic E-state index is 13.0. The lowest BCUT2D eigenvalue weighted by molar-refractivity contribution is -0.242. The molecule has 0 amide bonds. The Hall–Kier alpha value is -0.850. The van der Waals surface area contributed by atoms with Crippen molar-refractivity contribution in [2.45, 2.75) is 88.4 Å². The van der Waals surface area contributed by atoms with Crippen LogP contribution in [0.5, 0.6) is 0 Å². The van der Waals surface area contributed by atoms with E-state index in [0.717, 1.165) is 12.8 Å². The second kappa shape index (κ2) is 22.6. The number of aliphatic hydroxyl groups excluding tert-OH is 5. The molecular weight excluding hydrogens is 584 g/mol. The molecule has 2 rings (SSSR count). The molecule has 4 unspecified atom stereocenters. The van der Waals surface area contributed by atoms with Crippen LogP contribution in [-0.2, 0) is 42.7 Å². The van der Waals surface area contributed by atoms with Crippen LogP contribution in [0.15, 0.2) is 0 Å². The predicted octanol–water partition coefficient (Wildman–Crippen LogP) is -0.912. The number of carbonyl (C=O) groups excluding carboxylic acids is 1. The summed E-state index contributed by atoms with van der Waals surface area (Å²) in [6, 6.07) is 0. The molecule has 0 aromatic heterocycles. The average Bonchev–Trinajstić information content (AvgIpc) is 3.01. The van der Waals surface area contributed by atoms with E-state index in [0.29, 0.717) is 26.2 Å². The second-order valence-electron chi connectivity index (χ2n) is 11.2. The molecule has 2 heterocycles. The van der Waals surface area contributed by atoms with Crippen molar-refractivity contribution >= 4 is 5.78 Å². The molecule has 0 bridgehead atoms. The van der Waals surface area contributed by atoms with Crippen LogP contribution in [0.3, 0.4) is 0 Å². The maximum absolute atomic E-state index is 13.0. The highest BCUT2D eigenvalue weighted by atomic mass is 16.6. The third-order valence-corrected chi connectivity index (χ3v) is 7.83. The van der Waals surface area contributed by atoms with Gasteiger partial charge in [0.25, 0.3) is 0 Å². The fraction of sp³-hybridized carbons (Fsp3) is 0.967. The van der Waals surface area contributed by atoms with E-state index in [1.54, 1.807) is 0 Å². The number of carbonyl (C=O) groups is 1. The Kier molecular flexibility index (Phi) is 20.2. The Morgan fingerprint density at radius 1 is 0.659 bits per heavy atom. The Labute approximate surface area is 260 Å². The second-order valence-corrected chi connectivity index (χ2v) is 11.2. The summed E-state index contributed by atoms with van der Waals surface area (Å²) in [7, 11) is 1.50. The van der Waals surface area contributed by atoms with Gasteiger partial charge in [-0.25, -0.2) is 0 Å². The molecule has 2 fully saturated rings. The van der Waals surface area contributed by atoms with E-state index in [4.69, 9.17) is 43.0 Å². The van der Waals surface area contributed by atoms with Crippen LogP contribution in [0.2, 0.25) is 0 Å². The van der Waals surface area contributed by atoms with E-state index in [1.807, 2.05) is 13.8 Å². The van der Waals surface area contributed by atoms with Crippen molar-refractivity contribution < 1.29 is 68.2 Å². The van der Waals surface area contributed by atoms with Crippen LogP contribution < -0.4 is 0 Å². The van der Waals surface area contributed by atoms with Gasteiger partial charge < -0.3 is 63.4 Å². The Bertz CT molecular complexity index is 745. The lowest BCUT2D eigenvalue weighted by Crippen LogP contribution is -2.60. The van der Waals surface area contributed by atoms with Gasteiger partial charge in [0.2, 0.25) is 0 Å². The average molecular weight is 641 g/mol. The first-order valence-electron chi connectivity index (χ1n) is 15.8. The van der Waals surface area contributed by atoms with Crippen molar-refractivity contribution in [3.63, 3.8) is 0 Å². The molecule has 0 radical (unpaired) electrons. The molecule has 14 heteroatoms. The standard InChI is InChI=1S/C30H56O14/c1-4-6-23-30(42-15-14-39-11-9-32)27(35)21(29(44-23)22(33)7-8-31)17-41-19-25-28(36)26(34)20(16-37-3)24(43-25)18-40-13-12-38-10-5-2/h20-21,23-32,34-36H,4-19H2,1-3H3/t20-,21-,23+,24?,25-,26+,27?,28?,29+,30?/m0/s1. The minimum Gasteiger partial charge on any atom is -0.396 e. The molecule has 0 saturated carbocycles. The van der Waals surface area contributed by atoms with Crippen LogP contribution in [-0.4, -0.2) is 167 Å². The fourth-order valence-electron chi connectivity index (χ4n) is 5.58. The highest BCUT2D eigenvalue weighted by Gasteiger charge is 2.49. The number of hydrogen-bond donors (Lipinski definition) is 5. The molecule has 5 N–H and O–H groups in total. The SMILES string of the molecule is CCCOCCOCC1O[C@@H](COC[C@H]2C(O)C(OCCOCCO)[C@@H](CCC)O[C@H]2C(=O)CCO)C(O)[C@H](O)[C@H]1COC. The molecule has 44 heavy (non-hydrogen) atoms. The van der Waals surface area contributed by atoms with Gasteiger partial charge in [0, 0.05) is 32.0 Å². The number of Topliss-reactive ketones (excluding diaryl/α,β-unsaturated/α-hetero) is 1. The largest absolute Gasteiger partial charge is 0.396 e. The first-order valence-corrected chi connectivity index (χ1v) is 15.8. The predicted molar refractivity (Wildman–Crippen MR) is 156 cm³/mol. The number of hydrogen-bond acceptors (Lipinski definition) is 14. The van der Waals surface area contributed by atoms with Crippen molar-refractivity contribution in [1.29, 1.82) is 0 Å². The molecule has 10 atom stereocenters. The van der Waals surface area contributed by atoms with Gasteiger partial charge in [0.05, 0.1) is 97.1 Å². The molecule has 0 spiro atoms. The van der Waals surface area contributed by atoms with E-state index in [2.05, 4.69) is 0 Å². The molecule has 2 aliphatic heterocycles. The quantitative estimate of drug-likeness (QED) is 0.0815. The lowest BCUT2D eigenvalue weighted by atomic mass is 9.83. The number of ketones is 1. The molecule has 0 aliphatic carbocycles. The molecular formula is C30H56O14. The van der Waals surface area contributed by atoms with Gasteiger partial charge in [-0.3, -0.25) is 4.79 Å². The summed E-state index contributed by atoms with van der Waals surface area (Å²) in [5.74, 6) is -1.73. The highest BCUT2D eigenvalue weighted by molar-refractivity contribution is 5.83. The first kappa shape index (κ1) is 39.3. The number of ether oxygens (including phenoxy) is 8. The molecule has 2 saturated heterocycles. The summed E-state index contributed by atoms with van der Waals surface area (Å²) in [6.45, 7) is 5.43. The van der Waals surface area contributed by atoms with Crippen LogP contribution in [0, 0.1) is 11.8 Å². The van der Waals surface area contributed by atoms with Crippen LogP contribution in [0.1, 0.15) is 39.5 Å². The van der Waals surface area contributed by atoms with Crippen molar-refractivity contribution in [1.82, 2.24) is 0 Å². The van der Waals surface area contributed by atoms with Crippen molar-refractivity contribution in [3.05, 3.63) is 0 Å². The number of methoxy groups -OCH3 is 1. The summed E-state index contributed by atoms with van der Waals surface area (Å²) >= 11 is 0. The Morgan fingerprint density at radius 3 is 2.05 bits per heavy atom. The first-order chi connectivity index (χ1) is 21.3. The third kappa shape index (κ3) is 12.4. The Balaban J connectivity index is 2.07. The fourth-order valence-corrected chi connectivity index (χ4v) is 5.58. The van der Waals surface area contributed by atoms with Crippen molar-refractivity contribution in [3.8, 4) is 0 Å². The molecule has 260 valence electrons. The van der Waals surface area contributed by atoms with Crippen LogP contribution in [0.25, 0.3) is 0 Å². The van der Waals surface area contributed by atoms with Gasteiger partial charge in [-0.05, 0) is 12.8 Å². The normalized spacial score (nSPS) is 32.6.